The van der Waals surface area contributed by atoms with Crippen LogP contribution in [-0.4, -0.2) is 57.4 Å². The molecular formula is C16H24N2O4. The average molecular weight is 308 g/mol. The molecule has 0 aromatic heterocycles. The summed E-state index contributed by atoms with van der Waals surface area (Å²) in [4.78, 5) is 18.2. The van der Waals surface area contributed by atoms with Crippen LogP contribution in [0, 0.1) is 0 Å². The maximum Gasteiger partial charge on any atom is 0.295 e. The molecule has 0 aliphatic carbocycles. The van der Waals surface area contributed by atoms with Crippen LogP contribution in [0.5, 0.6) is 5.75 Å². The van der Waals surface area contributed by atoms with Crippen molar-refractivity contribution in [1.82, 2.24) is 4.90 Å². The van der Waals surface area contributed by atoms with E-state index in [1.54, 1.807) is 43.4 Å². The number of hydrogen-bond acceptors (Lipinski definition) is 4. The molecule has 6 nitrogen and oxygen atoms in total. The Morgan fingerprint density at radius 2 is 2.00 bits per heavy atom. The van der Waals surface area contributed by atoms with Crippen LogP contribution in [-0.2, 0) is 9.47 Å². The number of amidine groups is 1. The number of nitrogens with zero attached hydrogens (tertiary/aromatic N) is 2. The summed E-state index contributed by atoms with van der Waals surface area (Å²) in [5.74, 6) is 0.235. The molecule has 0 fully saturated rings. The Bertz CT molecular complexity index is 515. The lowest BCUT2D eigenvalue weighted by atomic mass is 10.2. The molecule has 0 atom stereocenters. The minimum atomic E-state index is -0.376. The molecule has 0 spiro atoms. The van der Waals surface area contributed by atoms with E-state index in [2.05, 4.69) is 4.99 Å². The van der Waals surface area contributed by atoms with Crippen molar-refractivity contribution in [2.24, 2.45) is 4.99 Å². The number of amides is 1. The molecule has 0 unspecified atom stereocenters. The van der Waals surface area contributed by atoms with Crippen LogP contribution in [0.4, 0.5) is 0 Å². The molecule has 1 aromatic rings. The van der Waals surface area contributed by atoms with Gasteiger partial charge in [0.2, 0.25) is 0 Å². The van der Waals surface area contributed by atoms with E-state index in [0.29, 0.717) is 24.5 Å². The van der Waals surface area contributed by atoms with Gasteiger partial charge in [-0.05, 0) is 32.0 Å². The number of aliphatic imine (C=N–C) groups is 1. The first-order chi connectivity index (χ1) is 10.5. The minimum absolute atomic E-state index is 0.152. The van der Waals surface area contributed by atoms with Crippen molar-refractivity contribution < 1.29 is 19.0 Å². The standard InChI is InChI=1S/C16H24N2O4/c1-12(2)18(3)16(22-10-9-20-4)17-15(19)13-7-6-8-14(11-13)21-5/h6-8,11-12H,9-10H2,1-5H3. The maximum atomic E-state index is 12.3. The van der Waals surface area contributed by atoms with Gasteiger partial charge in [-0.25, -0.2) is 0 Å². The van der Waals surface area contributed by atoms with Gasteiger partial charge in [-0.15, -0.1) is 0 Å². The van der Waals surface area contributed by atoms with Crippen LogP contribution in [0.25, 0.3) is 0 Å². The molecule has 0 saturated carbocycles. The molecule has 122 valence electrons. The third-order valence-electron chi connectivity index (χ3n) is 3.11. The summed E-state index contributed by atoms with van der Waals surface area (Å²) in [5.41, 5.74) is 0.448. The van der Waals surface area contributed by atoms with Gasteiger partial charge in [-0.1, -0.05) is 6.07 Å². The van der Waals surface area contributed by atoms with Gasteiger partial charge in [0.1, 0.15) is 12.4 Å². The van der Waals surface area contributed by atoms with Crippen molar-refractivity contribution in [3.8, 4) is 5.75 Å². The Kier molecular flexibility index (Phi) is 7.39. The van der Waals surface area contributed by atoms with Crippen molar-refractivity contribution in [3.05, 3.63) is 29.8 Å². The number of hydrogen-bond donors (Lipinski definition) is 0. The van der Waals surface area contributed by atoms with Gasteiger partial charge in [-0.2, -0.15) is 4.99 Å². The molecule has 1 rings (SSSR count). The predicted molar refractivity (Wildman–Crippen MR) is 85.5 cm³/mol. The number of methoxy groups -OCH3 is 2. The third kappa shape index (κ3) is 5.37. The van der Waals surface area contributed by atoms with E-state index in [4.69, 9.17) is 14.2 Å². The van der Waals surface area contributed by atoms with Gasteiger partial charge in [-0.3, -0.25) is 4.79 Å². The highest BCUT2D eigenvalue weighted by Crippen LogP contribution is 2.14. The van der Waals surface area contributed by atoms with E-state index in [1.165, 1.54) is 0 Å². The Morgan fingerprint density at radius 1 is 1.27 bits per heavy atom. The summed E-state index contributed by atoms with van der Waals surface area (Å²) in [6.07, 6.45) is 0. The molecule has 0 aliphatic rings. The van der Waals surface area contributed by atoms with E-state index in [9.17, 15) is 4.79 Å². The second-order valence-corrected chi connectivity index (χ2v) is 4.98. The first-order valence-corrected chi connectivity index (χ1v) is 7.11. The number of rotatable bonds is 6. The van der Waals surface area contributed by atoms with Gasteiger partial charge >= 0.3 is 0 Å². The Morgan fingerprint density at radius 3 is 2.59 bits per heavy atom. The predicted octanol–water partition coefficient (Wildman–Crippen LogP) is 2.19. The van der Waals surface area contributed by atoms with Crippen molar-refractivity contribution in [2.45, 2.75) is 19.9 Å². The fourth-order valence-electron chi connectivity index (χ4n) is 1.56. The lowest BCUT2D eigenvalue weighted by Crippen LogP contribution is -2.36. The maximum absolute atomic E-state index is 12.3. The molecule has 0 radical (unpaired) electrons. The normalized spacial score (nSPS) is 11.5. The van der Waals surface area contributed by atoms with Crippen LogP contribution in [0.2, 0.25) is 0 Å². The lowest BCUT2D eigenvalue weighted by molar-refractivity contribution is 0.0981. The molecule has 1 aromatic carbocycles. The number of ether oxygens (including phenoxy) is 3. The Balaban J connectivity index is 2.95. The first kappa shape index (κ1) is 18.0. The lowest BCUT2D eigenvalue weighted by Gasteiger charge is -2.24. The van der Waals surface area contributed by atoms with Crippen LogP contribution in [0.1, 0.15) is 24.2 Å². The third-order valence-corrected chi connectivity index (χ3v) is 3.11. The van der Waals surface area contributed by atoms with E-state index in [0.717, 1.165) is 0 Å². The van der Waals surface area contributed by atoms with Crippen LogP contribution >= 0.6 is 0 Å². The molecular weight excluding hydrogens is 284 g/mol. The fourth-order valence-corrected chi connectivity index (χ4v) is 1.56. The average Bonchev–Trinajstić information content (AvgIpc) is 2.53. The summed E-state index contributed by atoms with van der Waals surface area (Å²) in [6, 6.07) is 7.29. The number of benzene rings is 1. The summed E-state index contributed by atoms with van der Waals surface area (Å²) in [6.45, 7) is 4.74. The van der Waals surface area contributed by atoms with Crippen LogP contribution in [0.15, 0.2) is 29.3 Å². The van der Waals surface area contributed by atoms with Crippen molar-refractivity contribution >= 4 is 11.9 Å². The quantitative estimate of drug-likeness (QED) is 0.458. The number of carbonyl (C=O) groups is 1. The van der Waals surface area contributed by atoms with Crippen molar-refractivity contribution in [2.75, 3.05) is 34.5 Å². The van der Waals surface area contributed by atoms with E-state index in [-0.39, 0.29) is 18.0 Å². The van der Waals surface area contributed by atoms with Gasteiger partial charge in [0.05, 0.1) is 13.7 Å². The summed E-state index contributed by atoms with van der Waals surface area (Å²) in [5, 5.41) is 0. The zero-order valence-electron chi connectivity index (χ0n) is 13.8. The second kappa shape index (κ2) is 9.04. The second-order valence-electron chi connectivity index (χ2n) is 4.98. The molecule has 0 bridgehead atoms. The first-order valence-electron chi connectivity index (χ1n) is 7.11. The topological polar surface area (TPSA) is 60.4 Å². The SMILES string of the molecule is COCCOC(=NC(=O)c1cccc(OC)c1)N(C)C(C)C. The van der Waals surface area contributed by atoms with Crippen LogP contribution < -0.4 is 4.74 Å². The summed E-state index contributed by atoms with van der Waals surface area (Å²) < 4.78 is 15.6. The van der Waals surface area contributed by atoms with E-state index < -0.39 is 0 Å². The fraction of sp³-hybridized carbons (Fsp3) is 0.500. The van der Waals surface area contributed by atoms with Crippen molar-refractivity contribution in [1.29, 1.82) is 0 Å². The van der Waals surface area contributed by atoms with E-state index >= 15 is 0 Å². The van der Waals surface area contributed by atoms with Crippen molar-refractivity contribution in [3.63, 3.8) is 0 Å². The zero-order valence-corrected chi connectivity index (χ0v) is 13.8. The Labute approximate surface area is 131 Å². The van der Waals surface area contributed by atoms with Gasteiger partial charge in [0, 0.05) is 25.8 Å². The minimum Gasteiger partial charge on any atom is -0.497 e. The molecule has 0 heterocycles. The molecule has 6 heteroatoms. The molecule has 0 saturated heterocycles. The molecule has 22 heavy (non-hydrogen) atoms. The number of carbonyl (C=O) groups excluding carboxylic acids is 1. The Hall–Kier alpha value is -2.08. The van der Waals surface area contributed by atoms with Gasteiger partial charge < -0.3 is 19.1 Å². The van der Waals surface area contributed by atoms with E-state index in [1.807, 2.05) is 20.9 Å². The molecule has 0 N–H and O–H groups in total. The summed E-state index contributed by atoms with van der Waals surface area (Å²) >= 11 is 0. The molecule has 0 aliphatic heterocycles. The van der Waals surface area contributed by atoms with Gasteiger partial charge in [0.25, 0.3) is 11.9 Å². The highest BCUT2D eigenvalue weighted by Gasteiger charge is 2.15. The van der Waals surface area contributed by atoms with Gasteiger partial charge in [0.15, 0.2) is 0 Å². The van der Waals surface area contributed by atoms with Crippen LogP contribution in [0.3, 0.4) is 0 Å². The highest BCUT2D eigenvalue weighted by molar-refractivity contribution is 6.01. The molecule has 1 amide bonds. The highest BCUT2D eigenvalue weighted by atomic mass is 16.5. The monoisotopic (exact) mass is 308 g/mol. The smallest absolute Gasteiger partial charge is 0.295 e. The largest absolute Gasteiger partial charge is 0.497 e. The summed E-state index contributed by atoms with van der Waals surface area (Å²) in [7, 11) is 4.97. The zero-order chi connectivity index (χ0) is 16.5.